The average Bonchev–Trinajstić information content (AvgIpc) is 2.55. The van der Waals surface area contributed by atoms with Crippen molar-refractivity contribution in [2.24, 2.45) is 5.10 Å². The summed E-state index contributed by atoms with van der Waals surface area (Å²) in [5.41, 5.74) is 5.17. The van der Waals surface area contributed by atoms with Crippen molar-refractivity contribution in [2.75, 3.05) is 7.11 Å². The number of hydrogen-bond acceptors (Lipinski definition) is 3. The minimum absolute atomic E-state index is 0.0613. The second kappa shape index (κ2) is 7.62. The van der Waals surface area contributed by atoms with Gasteiger partial charge in [-0.1, -0.05) is 48.8 Å². The van der Waals surface area contributed by atoms with Crippen molar-refractivity contribution in [1.29, 1.82) is 0 Å². The van der Waals surface area contributed by atoms with Crippen LogP contribution < -0.4 is 10.2 Å². The third kappa shape index (κ3) is 4.68. The fourth-order valence-corrected chi connectivity index (χ4v) is 2.44. The fourth-order valence-electron chi connectivity index (χ4n) is 2.09. The molecule has 1 amide bonds. The first-order valence-corrected chi connectivity index (χ1v) is 8.38. The molecule has 0 atom stereocenters. The number of hydrogen-bond donors (Lipinski definition) is 1. The molecular formula is C19H21BrN2O2. The van der Waals surface area contributed by atoms with Crippen LogP contribution in [0.1, 0.15) is 42.3 Å². The standard InChI is InChI=1S/C19H21BrN2O2/c1-19(2,3)15-7-5-13(6-8-15)18(23)22-21-12-14-11-16(24-4)9-10-17(14)20/h5-12H,1-4H3,(H,22,23)/b21-12+. The second-order valence-corrected chi connectivity index (χ2v) is 7.27. The number of carbonyl (C=O) groups excluding carboxylic acids is 1. The lowest BCUT2D eigenvalue weighted by molar-refractivity contribution is 0.0955. The van der Waals surface area contributed by atoms with Crippen LogP contribution in [0.4, 0.5) is 0 Å². The molecule has 2 rings (SSSR count). The second-order valence-electron chi connectivity index (χ2n) is 6.41. The van der Waals surface area contributed by atoms with Crippen LogP contribution in [0.15, 0.2) is 52.0 Å². The van der Waals surface area contributed by atoms with Gasteiger partial charge >= 0.3 is 0 Å². The molecule has 0 unspecified atom stereocenters. The van der Waals surface area contributed by atoms with Gasteiger partial charge in [-0.05, 0) is 41.3 Å². The first-order chi connectivity index (χ1) is 11.3. The molecule has 126 valence electrons. The van der Waals surface area contributed by atoms with Gasteiger partial charge in [-0.15, -0.1) is 0 Å². The Balaban J connectivity index is 2.05. The summed E-state index contributed by atoms with van der Waals surface area (Å²) in [4.78, 5) is 12.1. The summed E-state index contributed by atoms with van der Waals surface area (Å²) < 4.78 is 6.05. The molecule has 0 heterocycles. The van der Waals surface area contributed by atoms with Crippen LogP contribution in [0.3, 0.4) is 0 Å². The van der Waals surface area contributed by atoms with E-state index in [-0.39, 0.29) is 11.3 Å². The van der Waals surface area contributed by atoms with Crippen LogP contribution in [0.25, 0.3) is 0 Å². The summed E-state index contributed by atoms with van der Waals surface area (Å²) in [6.45, 7) is 6.41. The highest BCUT2D eigenvalue weighted by Gasteiger charge is 2.14. The molecule has 1 N–H and O–H groups in total. The maximum Gasteiger partial charge on any atom is 0.271 e. The number of carbonyl (C=O) groups is 1. The van der Waals surface area contributed by atoms with E-state index in [0.29, 0.717) is 5.56 Å². The number of amides is 1. The molecule has 0 fully saturated rings. The Kier molecular flexibility index (Phi) is 5.78. The molecule has 0 radical (unpaired) electrons. The third-order valence-electron chi connectivity index (χ3n) is 3.59. The van der Waals surface area contributed by atoms with E-state index >= 15 is 0 Å². The van der Waals surface area contributed by atoms with Crippen molar-refractivity contribution in [3.05, 3.63) is 63.6 Å². The van der Waals surface area contributed by atoms with E-state index in [4.69, 9.17) is 4.74 Å². The number of methoxy groups -OCH3 is 1. The van der Waals surface area contributed by atoms with Gasteiger partial charge in [0.25, 0.3) is 5.91 Å². The van der Waals surface area contributed by atoms with Gasteiger partial charge in [0.2, 0.25) is 0 Å². The Morgan fingerprint density at radius 2 is 1.83 bits per heavy atom. The number of halogens is 1. The van der Waals surface area contributed by atoms with Crippen molar-refractivity contribution >= 4 is 28.1 Å². The lowest BCUT2D eigenvalue weighted by Gasteiger charge is -2.18. The minimum atomic E-state index is -0.245. The number of nitrogens with zero attached hydrogens (tertiary/aromatic N) is 1. The molecular weight excluding hydrogens is 368 g/mol. The first kappa shape index (κ1) is 18.2. The van der Waals surface area contributed by atoms with Gasteiger partial charge in [0.1, 0.15) is 5.75 Å². The Labute approximate surface area is 151 Å². The fraction of sp³-hybridized carbons (Fsp3) is 0.263. The van der Waals surface area contributed by atoms with Crippen molar-refractivity contribution < 1.29 is 9.53 Å². The van der Waals surface area contributed by atoms with E-state index in [1.54, 1.807) is 13.3 Å². The summed E-state index contributed by atoms with van der Waals surface area (Å²) in [5.74, 6) is 0.481. The van der Waals surface area contributed by atoms with E-state index in [0.717, 1.165) is 15.8 Å². The molecule has 2 aromatic carbocycles. The quantitative estimate of drug-likeness (QED) is 0.618. The van der Waals surface area contributed by atoms with Crippen LogP contribution in [0.5, 0.6) is 5.75 Å². The molecule has 0 aromatic heterocycles. The van der Waals surface area contributed by atoms with Crippen LogP contribution in [-0.4, -0.2) is 19.2 Å². The highest BCUT2D eigenvalue weighted by molar-refractivity contribution is 9.10. The largest absolute Gasteiger partial charge is 0.497 e. The van der Waals surface area contributed by atoms with Gasteiger partial charge in [0.15, 0.2) is 0 Å². The Morgan fingerprint density at radius 1 is 1.17 bits per heavy atom. The maximum absolute atomic E-state index is 12.1. The van der Waals surface area contributed by atoms with Gasteiger partial charge < -0.3 is 4.74 Å². The summed E-state index contributed by atoms with van der Waals surface area (Å²) in [6.07, 6.45) is 1.58. The molecule has 4 nitrogen and oxygen atoms in total. The number of nitrogens with one attached hydrogen (secondary N) is 1. The normalized spacial score (nSPS) is 11.5. The third-order valence-corrected chi connectivity index (χ3v) is 4.31. The molecule has 0 aliphatic heterocycles. The zero-order valence-corrected chi connectivity index (χ0v) is 15.8. The molecule has 0 aliphatic rings. The lowest BCUT2D eigenvalue weighted by Crippen LogP contribution is -2.18. The molecule has 0 saturated carbocycles. The molecule has 24 heavy (non-hydrogen) atoms. The zero-order valence-electron chi connectivity index (χ0n) is 14.3. The highest BCUT2D eigenvalue weighted by Crippen LogP contribution is 2.22. The van der Waals surface area contributed by atoms with Crippen molar-refractivity contribution in [3.8, 4) is 5.75 Å². The summed E-state index contributed by atoms with van der Waals surface area (Å²) in [6, 6.07) is 13.1. The molecule has 2 aromatic rings. The molecule has 0 saturated heterocycles. The topological polar surface area (TPSA) is 50.7 Å². The van der Waals surface area contributed by atoms with Gasteiger partial charge in [-0.2, -0.15) is 5.10 Å². The average molecular weight is 389 g/mol. The van der Waals surface area contributed by atoms with Crippen molar-refractivity contribution in [1.82, 2.24) is 5.43 Å². The number of ether oxygens (including phenoxy) is 1. The molecule has 0 spiro atoms. The maximum atomic E-state index is 12.1. The summed E-state index contributed by atoms with van der Waals surface area (Å²) >= 11 is 3.44. The number of hydrazone groups is 1. The monoisotopic (exact) mass is 388 g/mol. The van der Waals surface area contributed by atoms with E-state index in [2.05, 4.69) is 47.2 Å². The predicted molar refractivity (Wildman–Crippen MR) is 101 cm³/mol. The summed E-state index contributed by atoms with van der Waals surface area (Å²) in [7, 11) is 1.60. The van der Waals surface area contributed by atoms with E-state index in [1.165, 1.54) is 5.56 Å². The smallest absolute Gasteiger partial charge is 0.271 e. The predicted octanol–water partition coefficient (Wildman–Crippen LogP) is 4.52. The lowest BCUT2D eigenvalue weighted by atomic mass is 9.87. The Hall–Kier alpha value is -2.14. The van der Waals surface area contributed by atoms with Crippen molar-refractivity contribution in [3.63, 3.8) is 0 Å². The molecule has 5 heteroatoms. The molecule has 0 bridgehead atoms. The van der Waals surface area contributed by atoms with Crippen LogP contribution in [0, 0.1) is 0 Å². The minimum Gasteiger partial charge on any atom is -0.497 e. The SMILES string of the molecule is COc1ccc(Br)c(/C=N/NC(=O)c2ccc(C(C)(C)C)cc2)c1. The first-order valence-electron chi connectivity index (χ1n) is 7.59. The van der Waals surface area contributed by atoms with Gasteiger partial charge in [0.05, 0.1) is 13.3 Å². The van der Waals surface area contributed by atoms with Crippen LogP contribution >= 0.6 is 15.9 Å². The van der Waals surface area contributed by atoms with Gasteiger partial charge in [-0.25, -0.2) is 5.43 Å². The zero-order chi connectivity index (χ0) is 17.7. The van der Waals surface area contributed by atoms with Crippen molar-refractivity contribution in [2.45, 2.75) is 26.2 Å². The highest BCUT2D eigenvalue weighted by atomic mass is 79.9. The van der Waals surface area contributed by atoms with Gasteiger partial charge in [0, 0.05) is 15.6 Å². The van der Waals surface area contributed by atoms with Gasteiger partial charge in [-0.3, -0.25) is 4.79 Å². The van der Waals surface area contributed by atoms with E-state index in [9.17, 15) is 4.79 Å². The number of benzene rings is 2. The van der Waals surface area contributed by atoms with Crippen LogP contribution in [-0.2, 0) is 5.41 Å². The Bertz CT molecular complexity index is 747. The Morgan fingerprint density at radius 3 is 2.42 bits per heavy atom. The van der Waals surface area contributed by atoms with E-state index < -0.39 is 0 Å². The molecule has 0 aliphatic carbocycles. The van der Waals surface area contributed by atoms with E-state index in [1.807, 2.05) is 42.5 Å². The summed E-state index contributed by atoms with van der Waals surface area (Å²) in [5, 5.41) is 4.02. The van der Waals surface area contributed by atoms with Crippen LogP contribution in [0.2, 0.25) is 0 Å². The number of rotatable bonds is 4.